The van der Waals surface area contributed by atoms with Crippen LogP contribution < -0.4 is 10.6 Å². The fourth-order valence-electron chi connectivity index (χ4n) is 4.55. The van der Waals surface area contributed by atoms with Crippen LogP contribution in [0.5, 0.6) is 0 Å². The first-order valence-electron chi connectivity index (χ1n) is 11.7. The number of halogens is 4. The number of carbonyl (C=O) groups excluding carboxylic acids is 1. The molecule has 0 saturated carbocycles. The standard InChI is InChI=1S/C26H28Cl2F2N4O/c27-20-5-3-17(4-6-20)2-1-13-34-14-10-18(11-15-34)24-21(7-8-22(32-24)25(29)30)33-26(35)19-9-12-31-23(28)16-19/h1-6,9,12,16,18,22,25,32H,7-8,10-11,13-15H2,(H,33,35)/b2-1+/t22-/m1/s1. The van der Waals surface area contributed by atoms with Crippen LogP contribution in [0.4, 0.5) is 8.78 Å². The number of hydrogen-bond acceptors (Lipinski definition) is 4. The van der Waals surface area contributed by atoms with Gasteiger partial charge in [0.1, 0.15) is 5.15 Å². The van der Waals surface area contributed by atoms with Gasteiger partial charge in [0.25, 0.3) is 12.3 Å². The van der Waals surface area contributed by atoms with Crippen LogP contribution in [-0.4, -0.2) is 47.9 Å². The fourth-order valence-corrected chi connectivity index (χ4v) is 4.85. The number of alkyl halides is 2. The van der Waals surface area contributed by atoms with E-state index in [1.54, 1.807) is 6.07 Å². The van der Waals surface area contributed by atoms with Crippen LogP contribution in [0.15, 0.2) is 60.1 Å². The number of likely N-dealkylation sites (tertiary alicyclic amines) is 1. The molecule has 186 valence electrons. The first-order valence-corrected chi connectivity index (χ1v) is 12.5. The molecule has 1 aromatic carbocycles. The Hall–Kier alpha value is -2.48. The van der Waals surface area contributed by atoms with Gasteiger partial charge in [0.15, 0.2) is 0 Å². The Labute approximate surface area is 214 Å². The lowest BCUT2D eigenvalue weighted by Gasteiger charge is -2.37. The van der Waals surface area contributed by atoms with E-state index in [1.165, 1.54) is 12.3 Å². The SMILES string of the molecule is O=C(NC1=C(C2CCN(C/C=C/c3ccc(Cl)cc3)CC2)N[C@@H](C(F)F)CC1)c1ccnc(Cl)c1. The van der Waals surface area contributed by atoms with Gasteiger partial charge in [-0.3, -0.25) is 9.69 Å². The van der Waals surface area contributed by atoms with Crippen molar-refractivity contribution in [1.29, 1.82) is 0 Å². The van der Waals surface area contributed by atoms with Crippen LogP contribution >= 0.6 is 23.2 Å². The van der Waals surface area contributed by atoms with E-state index in [0.29, 0.717) is 22.7 Å². The van der Waals surface area contributed by atoms with Crippen molar-refractivity contribution in [2.24, 2.45) is 5.92 Å². The second kappa shape index (κ2) is 12.0. The summed E-state index contributed by atoms with van der Waals surface area (Å²) in [6, 6.07) is 9.85. The van der Waals surface area contributed by atoms with Gasteiger partial charge in [0.2, 0.25) is 0 Å². The summed E-state index contributed by atoms with van der Waals surface area (Å²) in [5.41, 5.74) is 2.91. The molecular formula is C26H28Cl2F2N4O. The molecule has 35 heavy (non-hydrogen) atoms. The van der Waals surface area contributed by atoms with E-state index < -0.39 is 12.5 Å². The quantitative estimate of drug-likeness (QED) is 0.455. The zero-order chi connectivity index (χ0) is 24.8. The molecule has 9 heteroatoms. The molecule has 3 heterocycles. The number of carbonyl (C=O) groups is 1. The van der Waals surface area contributed by atoms with E-state index in [0.717, 1.165) is 43.7 Å². The monoisotopic (exact) mass is 520 g/mol. The average molecular weight is 521 g/mol. The van der Waals surface area contributed by atoms with Crippen LogP contribution in [-0.2, 0) is 0 Å². The molecule has 2 N–H and O–H groups in total. The molecule has 0 unspecified atom stereocenters. The van der Waals surface area contributed by atoms with Crippen molar-refractivity contribution in [3.05, 3.63) is 81.4 Å². The lowest BCUT2D eigenvalue weighted by Crippen LogP contribution is -2.46. The number of piperidine rings is 1. The molecule has 0 aliphatic carbocycles. The fraction of sp³-hybridized carbons (Fsp3) is 0.385. The van der Waals surface area contributed by atoms with E-state index in [9.17, 15) is 13.6 Å². The molecule has 4 rings (SSSR count). The number of rotatable bonds is 7. The van der Waals surface area contributed by atoms with Crippen molar-refractivity contribution in [3.63, 3.8) is 0 Å². The largest absolute Gasteiger partial charge is 0.378 e. The van der Waals surface area contributed by atoms with Gasteiger partial charge in [-0.05, 0) is 68.6 Å². The zero-order valence-electron chi connectivity index (χ0n) is 19.2. The number of hydrogen-bond donors (Lipinski definition) is 2. The van der Waals surface area contributed by atoms with E-state index in [4.69, 9.17) is 23.2 Å². The Morgan fingerprint density at radius 1 is 1.17 bits per heavy atom. The third-order valence-electron chi connectivity index (χ3n) is 6.47. The maximum Gasteiger partial charge on any atom is 0.258 e. The third kappa shape index (κ3) is 7.03. The molecule has 1 aromatic heterocycles. The van der Waals surface area contributed by atoms with Crippen molar-refractivity contribution in [1.82, 2.24) is 20.5 Å². The number of nitrogens with one attached hydrogen (secondary N) is 2. The van der Waals surface area contributed by atoms with Crippen LogP contribution in [0.2, 0.25) is 10.2 Å². The van der Waals surface area contributed by atoms with Crippen molar-refractivity contribution < 1.29 is 13.6 Å². The van der Waals surface area contributed by atoms with Crippen molar-refractivity contribution in [3.8, 4) is 0 Å². The van der Waals surface area contributed by atoms with E-state index >= 15 is 0 Å². The predicted octanol–water partition coefficient (Wildman–Crippen LogP) is 5.77. The van der Waals surface area contributed by atoms with Gasteiger partial charge in [0, 0.05) is 40.6 Å². The van der Waals surface area contributed by atoms with E-state index in [1.807, 2.05) is 24.3 Å². The summed E-state index contributed by atoms with van der Waals surface area (Å²) in [4.78, 5) is 19.0. The number of nitrogens with zero attached hydrogens (tertiary/aromatic N) is 2. The van der Waals surface area contributed by atoms with Crippen LogP contribution in [0.1, 0.15) is 41.6 Å². The van der Waals surface area contributed by atoms with Crippen LogP contribution in [0.25, 0.3) is 6.08 Å². The highest BCUT2D eigenvalue weighted by Gasteiger charge is 2.32. The molecule has 2 aliphatic heterocycles. The molecule has 1 saturated heterocycles. The van der Waals surface area contributed by atoms with Crippen LogP contribution in [0, 0.1) is 5.92 Å². The lowest BCUT2D eigenvalue weighted by atomic mass is 9.88. The molecule has 5 nitrogen and oxygen atoms in total. The summed E-state index contributed by atoms with van der Waals surface area (Å²) in [6.45, 7) is 2.51. The van der Waals surface area contributed by atoms with Gasteiger partial charge in [-0.15, -0.1) is 0 Å². The Bertz CT molecular complexity index is 1080. The van der Waals surface area contributed by atoms with Gasteiger partial charge < -0.3 is 10.6 Å². The summed E-state index contributed by atoms with van der Waals surface area (Å²) in [7, 11) is 0. The number of amides is 1. The summed E-state index contributed by atoms with van der Waals surface area (Å²) in [6.07, 6.45) is 5.52. The number of aromatic nitrogens is 1. The second-order valence-electron chi connectivity index (χ2n) is 8.87. The lowest BCUT2D eigenvalue weighted by molar-refractivity contribution is 0.0886. The number of pyridine rings is 1. The molecule has 1 amide bonds. The van der Waals surface area contributed by atoms with Crippen LogP contribution in [0.3, 0.4) is 0 Å². The van der Waals surface area contributed by atoms with Gasteiger partial charge >= 0.3 is 0 Å². The predicted molar refractivity (Wildman–Crippen MR) is 136 cm³/mol. The average Bonchev–Trinajstić information content (AvgIpc) is 2.86. The molecule has 2 aromatic rings. The number of benzene rings is 1. The summed E-state index contributed by atoms with van der Waals surface area (Å²) >= 11 is 11.8. The second-order valence-corrected chi connectivity index (χ2v) is 9.69. The first-order chi connectivity index (χ1) is 16.9. The normalized spacial score (nSPS) is 19.9. The molecule has 0 radical (unpaired) electrons. The molecule has 1 fully saturated rings. The minimum Gasteiger partial charge on any atom is -0.378 e. The number of allylic oxidation sites excluding steroid dienone is 2. The highest BCUT2D eigenvalue weighted by atomic mass is 35.5. The maximum atomic E-state index is 13.5. The van der Waals surface area contributed by atoms with E-state index in [2.05, 4.69) is 32.7 Å². The van der Waals surface area contributed by atoms with Crippen molar-refractivity contribution in [2.45, 2.75) is 38.2 Å². The molecular weight excluding hydrogens is 493 g/mol. The zero-order valence-corrected chi connectivity index (χ0v) is 20.7. The Morgan fingerprint density at radius 3 is 2.60 bits per heavy atom. The maximum absolute atomic E-state index is 13.5. The van der Waals surface area contributed by atoms with Gasteiger partial charge in [0.05, 0.1) is 6.04 Å². The van der Waals surface area contributed by atoms with Gasteiger partial charge in [-0.2, -0.15) is 0 Å². The van der Waals surface area contributed by atoms with Gasteiger partial charge in [-0.1, -0.05) is 47.5 Å². The summed E-state index contributed by atoms with van der Waals surface area (Å²) in [5.74, 6) is -0.228. The third-order valence-corrected chi connectivity index (χ3v) is 6.93. The van der Waals surface area contributed by atoms with E-state index in [-0.39, 0.29) is 23.4 Å². The molecule has 1 atom stereocenters. The topological polar surface area (TPSA) is 57.3 Å². The smallest absolute Gasteiger partial charge is 0.258 e. The van der Waals surface area contributed by atoms with Crippen molar-refractivity contribution in [2.75, 3.05) is 19.6 Å². The molecule has 2 aliphatic rings. The highest BCUT2D eigenvalue weighted by Crippen LogP contribution is 2.31. The molecule has 0 spiro atoms. The van der Waals surface area contributed by atoms with Gasteiger partial charge in [-0.25, -0.2) is 13.8 Å². The summed E-state index contributed by atoms with van der Waals surface area (Å²) < 4.78 is 27.0. The van der Waals surface area contributed by atoms with Crippen molar-refractivity contribution >= 4 is 35.2 Å². The minimum atomic E-state index is -2.46. The Kier molecular flexibility index (Phi) is 8.76. The highest BCUT2D eigenvalue weighted by molar-refractivity contribution is 6.30. The Balaban J connectivity index is 1.40. The first kappa shape index (κ1) is 25.6. The Morgan fingerprint density at radius 2 is 1.91 bits per heavy atom. The minimum absolute atomic E-state index is 0.0874. The summed E-state index contributed by atoms with van der Waals surface area (Å²) in [5, 5.41) is 6.95. The molecule has 0 bridgehead atoms.